The summed E-state index contributed by atoms with van der Waals surface area (Å²) in [5.74, 6) is 5.20. The van der Waals surface area contributed by atoms with Crippen molar-refractivity contribution >= 4 is 0 Å². The molecule has 0 bridgehead atoms. The Bertz CT molecular complexity index is 453. The van der Waals surface area contributed by atoms with Crippen molar-refractivity contribution in [1.29, 1.82) is 0 Å². The zero-order valence-electron chi connectivity index (χ0n) is 14.2. The highest BCUT2D eigenvalue weighted by Gasteiger charge is 2.57. The Labute approximate surface area is 130 Å². The van der Waals surface area contributed by atoms with Crippen molar-refractivity contribution in [3.63, 3.8) is 0 Å². The van der Waals surface area contributed by atoms with Gasteiger partial charge in [-0.1, -0.05) is 20.3 Å². The molecule has 3 fully saturated rings. The number of hydrogen-bond donors (Lipinski definition) is 0. The van der Waals surface area contributed by atoms with E-state index >= 15 is 0 Å². The van der Waals surface area contributed by atoms with E-state index in [1.54, 1.807) is 0 Å². The molecule has 3 saturated carbocycles. The van der Waals surface area contributed by atoms with Crippen LogP contribution >= 0.6 is 0 Å². The highest BCUT2D eigenvalue weighted by atomic mass is 16.5. The maximum absolute atomic E-state index is 5.57. The highest BCUT2D eigenvalue weighted by molar-refractivity contribution is 5.13. The van der Waals surface area contributed by atoms with E-state index in [0.29, 0.717) is 10.8 Å². The van der Waals surface area contributed by atoms with Crippen molar-refractivity contribution in [3.05, 3.63) is 11.8 Å². The van der Waals surface area contributed by atoms with Crippen LogP contribution in [0.15, 0.2) is 11.8 Å². The molecule has 0 aromatic carbocycles. The van der Waals surface area contributed by atoms with Crippen molar-refractivity contribution in [3.8, 4) is 0 Å². The largest absolute Gasteiger partial charge is 0.501 e. The van der Waals surface area contributed by atoms with Gasteiger partial charge in [0.2, 0.25) is 0 Å². The van der Waals surface area contributed by atoms with E-state index < -0.39 is 0 Å². The summed E-state index contributed by atoms with van der Waals surface area (Å²) in [6.45, 7) is 5.23. The van der Waals surface area contributed by atoms with Crippen molar-refractivity contribution in [1.82, 2.24) is 0 Å². The molecule has 21 heavy (non-hydrogen) atoms. The van der Waals surface area contributed by atoms with Gasteiger partial charge in [-0.2, -0.15) is 0 Å². The van der Waals surface area contributed by atoms with Gasteiger partial charge in [0.1, 0.15) is 0 Å². The van der Waals surface area contributed by atoms with Crippen molar-refractivity contribution in [2.75, 3.05) is 7.11 Å². The van der Waals surface area contributed by atoms with Gasteiger partial charge in [0.05, 0.1) is 12.9 Å². The summed E-state index contributed by atoms with van der Waals surface area (Å²) in [5.41, 5.74) is 1.27. The molecule has 0 unspecified atom stereocenters. The molecule has 4 aliphatic carbocycles. The minimum absolute atomic E-state index is 0.564. The van der Waals surface area contributed by atoms with Gasteiger partial charge in [-0.05, 0) is 85.5 Å². The van der Waals surface area contributed by atoms with E-state index in [1.165, 1.54) is 63.5 Å². The normalized spacial score (nSPS) is 52.4. The van der Waals surface area contributed by atoms with E-state index in [-0.39, 0.29) is 0 Å². The maximum Gasteiger partial charge on any atom is 0.0918 e. The molecular formula is C20H32O. The van der Waals surface area contributed by atoms with E-state index in [0.717, 1.165) is 23.7 Å². The lowest BCUT2D eigenvalue weighted by atomic mass is 9.46. The molecule has 0 heterocycles. The summed E-state index contributed by atoms with van der Waals surface area (Å²) in [5, 5.41) is 0. The van der Waals surface area contributed by atoms with Crippen LogP contribution in [0.1, 0.15) is 71.6 Å². The summed E-state index contributed by atoms with van der Waals surface area (Å²) in [4.78, 5) is 0. The topological polar surface area (TPSA) is 9.23 Å². The fourth-order valence-electron chi connectivity index (χ4n) is 7.01. The Kier molecular flexibility index (Phi) is 3.21. The van der Waals surface area contributed by atoms with Crippen LogP contribution in [-0.4, -0.2) is 7.11 Å². The van der Waals surface area contributed by atoms with Gasteiger partial charge in [-0.15, -0.1) is 0 Å². The lowest BCUT2D eigenvalue weighted by Gasteiger charge is -2.59. The second-order valence-corrected chi connectivity index (χ2v) is 9.02. The molecule has 0 spiro atoms. The quantitative estimate of drug-likeness (QED) is 0.614. The van der Waals surface area contributed by atoms with Crippen LogP contribution in [0.5, 0.6) is 0 Å². The monoisotopic (exact) mass is 288 g/mol. The van der Waals surface area contributed by atoms with Crippen LogP contribution in [0.4, 0.5) is 0 Å². The Morgan fingerprint density at radius 1 is 1.05 bits per heavy atom. The number of methoxy groups -OCH3 is 1. The van der Waals surface area contributed by atoms with Gasteiger partial charge >= 0.3 is 0 Å². The predicted molar refractivity (Wildman–Crippen MR) is 86.8 cm³/mol. The first kappa shape index (κ1) is 14.2. The lowest BCUT2D eigenvalue weighted by Crippen LogP contribution is -2.51. The molecule has 0 aromatic rings. The molecule has 0 N–H and O–H groups in total. The molecular weight excluding hydrogens is 256 g/mol. The highest BCUT2D eigenvalue weighted by Crippen LogP contribution is 2.65. The van der Waals surface area contributed by atoms with E-state index in [4.69, 9.17) is 4.74 Å². The number of ether oxygens (including phenoxy) is 1. The summed E-state index contributed by atoms with van der Waals surface area (Å²) < 4.78 is 5.57. The average molecular weight is 288 g/mol. The third-order valence-corrected chi connectivity index (χ3v) is 8.33. The minimum Gasteiger partial charge on any atom is -0.501 e. The van der Waals surface area contributed by atoms with Crippen molar-refractivity contribution in [2.45, 2.75) is 71.6 Å². The Morgan fingerprint density at radius 2 is 1.90 bits per heavy atom. The SMILES string of the molecule is COC1=CC[C@@]2(C)[C@@H](CC[C@H]3[C@H]2CC[C@]2(C)CCC[C@@H]32)C1. The maximum atomic E-state index is 5.57. The lowest BCUT2D eigenvalue weighted by molar-refractivity contribution is -0.0916. The van der Waals surface area contributed by atoms with Gasteiger partial charge in [-0.3, -0.25) is 0 Å². The Hall–Kier alpha value is -0.460. The fourth-order valence-corrected chi connectivity index (χ4v) is 7.01. The van der Waals surface area contributed by atoms with Crippen molar-refractivity contribution in [2.24, 2.45) is 34.5 Å². The second-order valence-electron chi connectivity index (χ2n) is 9.02. The van der Waals surface area contributed by atoms with E-state index in [2.05, 4.69) is 19.9 Å². The third kappa shape index (κ3) is 1.95. The first-order chi connectivity index (χ1) is 10.1. The molecule has 4 aliphatic rings. The minimum atomic E-state index is 0.564. The fraction of sp³-hybridized carbons (Fsp3) is 0.900. The first-order valence-corrected chi connectivity index (χ1v) is 9.30. The van der Waals surface area contributed by atoms with Crippen LogP contribution in [0.3, 0.4) is 0 Å². The van der Waals surface area contributed by atoms with Crippen LogP contribution < -0.4 is 0 Å². The van der Waals surface area contributed by atoms with Gasteiger partial charge in [-0.25, -0.2) is 0 Å². The zero-order chi connectivity index (χ0) is 14.7. The molecule has 1 nitrogen and oxygen atoms in total. The summed E-state index contributed by atoms with van der Waals surface area (Å²) in [7, 11) is 1.85. The second kappa shape index (κ2) is 4.77. The number of hydrogen-bond acceptors (Lipinski definition) is 1. The summed E-state index contributed by atoms with van der Waals surface area (Å²) in [6.07, 6.45) is 15.4. The predicted octanol–water partition coefficient (Wildman–Crippen LogP) is 5.56. The van der Waals surface area contributed by atoms with Crippen LogP contribution in [0.25, 0.3) is 0 Å². The molecule has 0 aliphatic heterocycles. The number of allylic oxidation sites excluding steroid dienone is 2. The average Bonchev–Trinajstić information content (AvgIpc) is 2.88. The summed E-state index contributed by atoms with van der Waals surface area (Å²) in [6, 6.07) is 0. The third-order valence-electron chi connectivity index (χ3n) is 8.33. The molecule has 0 radical (unpaired) electrons. The number of rotatable bonds is 1. The standard InChI is InChI=1S/C20H32O/c1-19-10-4-5-17(19)16-7-6-14-13-15(21-3)8-12-20(14,2)18(16)9-11-19/h8,14,16-18H,4-7,9-13H2,1-3H3/t14-,16+,17-,18+,19-,20-/m0/s1. The van der Waals surface area contributed by atoms with Crippen LogP contribution in [-0.2, 0) is 4.74 Å². The Morgan fingerprint density at radius 3 is 2.71 bits per heavy atom. The van der Waals surface area contributed by atoms with Gasteiger partial charge in [0, 0.05) is 6.42 Å². The molecule has 4 rings (SSSR count). The van der Waals surface area contributed by atoms with E-state index in [9.17, 15) is 0 Å². The molecule has 6 atom stereocenters. The van der Waals surface area contributed by atoms with Gasteiger partial charge in [0.15, 0.2) is 0 Å². The first-order valence-electron chi connectivity index (χ1n) is 9.30. The van der Waals surface area contributed by atoms with Gasteiger partial charge < -0.3 is 4.74 Å². The molecule has 1 heteroatoms. The van der Waals surface area contributed by atoms with Crippen molar-refractivity contribution < 1.29 is 4.74 Å². The molecule has 0 amide bonds. The molecule has 0 aromatic heterocycles. The van der Waals surface area contributed by atoms with E-state index in [1.807, 2.05) is 7.11 Å². The smallest absolute Gasteiger partial charge is 0.0918 e. The summed E-state index contributed by atoms with van der Waals surface area (Å²) >= 11 is 0. The van der Waals surface area contributed by atoms with Crippen LogP contribution in [0, 0.1) is 34.5 Å². The van der Waals surface area contributed by atoms with Gasteiger partial charge in [0.25, 0.3) is 0 Å². The van der Waals surface area contributed by atoms with Crippen LogP contribution in [0.2, 0.25) is 0 Å². The number of fused-ring (bicyclic) bond motifs is 5. The molecule has 0 saturated heterocycles. The molecule has 118 valence electrons. The Balaban J connectivity index is 1.63. The zero-order valence-corrected chi connectivity index (χ0v) is 14.2.